The Balaban J connectivity index is 0.000000106. The highest BCUT2D eigenvalue weighted by Gasteiger charge is 2.23. The SMILES string of the molecule is Cc1ccc2c(c1)c1cc(-c3cccc(-c4cccc5c4oc4ccccc45)c3)ccc1c1nccnc21.c1ccc(-c2cnc3c4ccc(-c5cccc(-c6cccc7c6oc6ccccc67)c5)cc4c4ccccc4c3n2)cc1.c1ccc(-c2nc3c4ccccc4c4cc(-c5cccc(-c6cccc7c6oc6ccccc67)c5)ccc4c3nc2-c2ccccc2)cc1. The van der Waals surface area contributed by atoms with Crippen molar-refractivity contribution in [1.82, 2.24) is 29.9 Å². The van der Waals surface area contributed by atoms with Crippen LogP contribution in [0.1, 0.15) is 5.56 Å². The molecule has 0 aliphatic heterocycles. The number of fused-ring (bicyclic) bond motifs is 27. The third-order valence-corrected chi connectivity index (χ3v) is 25.8. The van der Waals surface area contributed by atoms with Gasteiger partial charge in [0.1, 0.15) is 33.5 Å². The molecular weight excluding hydrogens is 1590 g/mol. The summed E-state index contributed by atoms with van der Waals surface area (Å²) in [4.78, 5) is 30.3. The van der Waals surface area contributed by atoms with Gasteiger partial charge in [0.25, 0.3) is 0 Å². The van der Waals surface area contributed by atoms with E-state index in [4.69, 9.17) is 38.2 Å². The van der Waals surface area contributed by atoms with Gasteiger partial charge in [0.15, 0.2) is 0 Å². The highest BCUT2D eigenvalue weighted by atomic mass is 16.3. The smallest absolute Gasteiger partial charge is 0.143 e. The lowest BCUT2D eigenvalue weighted by atomic mass is 9.93. The average molecular weight is 1660 g/mol. The van der Waals surface area contributed by atoms with E-state index in [9.17, 15) is 0 Å². The number of furan rings is 3. The maximum absolute atomic E-state index is 6.40. The molecule has 9 nitrogen and oxygen atoms in total. The summed E-state index contributed by atoms with van der Waals surface area (Å²) >= 11 is 0. The summed E-state index contributed by atoms with van der Waals surface area (Å²) in [6.45, 7) is 2.14. The van der Waals surface area contributed by atoms with Crippen molar-refractivity contribution in [3.05, 3.63) is 437 Å². The fourth-order valence-corrected chi connectivity index (χ4v) is 19.6. The Morgan fingerprint density at radius 1 is 0.177 bits per heavy atom. The Morgan fingerprint density at radius 2 is 0.462 bits per heavy atom. The van der Waals surface area contributed by atoms with Crippen molar-refractivity contribution in [3.63, 3.8) is 0 Å². The van der Waals surface area contributed by atoms with Crippen LogP contribution in [0.2, 0.25) is 0 Å². The lowest BCUT2D eigenvalue weighted by Crippen LogP contribution is -1.97. The number of nitrogens with zero attached hydrogens (tertiary/aromatic N) is 6. The number of para-hydroxylation sites is 6. The second-order valence-corrected chi connectivity index (χ2v) is 33.4. The summed E-state index contributed by atoms with van der Waals surface area (Å²) in [7, 11) is 0. The molecule has 0 saturated carbocycles. The van der Waals surface area contributed by atoms with Gasteiger partial charge in [0, 0.05) is 110 Å². The van der Waals surface area contributed by atoms with Gasteiger partial charge in [0.2, 0.25) is 0 Å². The lowest BCUT2D eigenvalue weighted by Gasteiger charge is -2.15. The second-order valence-electron chi connectivity index (χ2n) is 33.4. The Labute approximate surface area is 745 Å². The molecule has 0 aliphatic carbocycles. The van der Waals surface area contributed by atoms with Crippen LogP contribution in [0.5, 0.6) is 0 Å². The quantitative estimate of drug-likeness (QED) is 0.130. The van der Waals surface area contributed by atoms with Gasteiger partial charge in [0.05, 0.1) is 56.4 Å². The molecule has 0 aliphatic rings. The van der Waals surface area contributed by atoms with Crippen LogP contribution >= 0.6 is 0 Å². The predicted octanol–water partition coefficient (Wildman–Crippen LogP) is 32.8. The predicted molar refractivity (Wildman–Crippen MR) is 539 cm³/mol. The molecule has 6 aromatic heterocycles. The van der Waals surface area contributed by atoms with E-state index in [-0.39, 0.29) is 0 Å². The first-order valence-electron chi connectivity index (χ1n) is 43.9. The number of hydrogen-bond donors (Lipinski definition) is 0. The van der Waals surface area contributed by atoms with Crippen LogP contribution in [0.25, 0.3) is 264 Å². The van der Waals surface area contributed by atoms with Crippen molar-refractivity contribution in [2.75, 3.05) is 0 Å². The molecule has 130 heavy (non-hydrogen) atoms. The van der Waals surface area contributed by atoms with Crippen LogP contribution in [-0.4, -0.2) is 29.9 Å². The topological polar surface area (TPSA) is 117 Å². The summed E-state index contributed by atoms with van der Waals surface area (Å²) in [5.41, 5.74) is 31.7. The fraction of sp³-hybridized carbons (Fsp3) is 0.00826. The zero-order chi connectivity index (χ0) is 85.9. The van der Waals surface area contributed by atoms with Gasteiger partial charge in [-0.25, -0.2) is 15.0 Å². The van der Waals surface area contributed by atoms with Crippen LogP contribution in [-0.2, 0) is 0 Å². The molecule has 0 N–H and O–H groups in total. The summed E-state index contributed by atoms with van der Waals surface area (Å²) in [5, 5.41) is 20.6. The molecule has 0 saturated heterocycles. The Morgan fingerprint density at radius 3 is 0.877 bits per heavy atom. The summed E-state index contributed by atoms with van der Waals surface area (Å²) in [6.07, 6.45) is 5.44. The molecule has 21 aromatic carbocycles. The molecule has 0 unspecified atom stereocenters. The van der Waals surface area contributed by atoms with Gasteiger partial charge in [-0.1, -0.05) is 363 Å². The zero-order valence-electron chi connectivity index (χ0n) is 70.4. The summed E-state index contributed by atoms with van der Waals surface area (Å²) in [5.74, 6) is 0. The first-order valence-corrected chi connectivity index (χ1v) is 43.9. The van der Waals surface area contributed by atoms with Crippen LogP contribution in [0.15, 0.2) is 444 Å². The standard InChI is InChI=1S/C46H28N2O.C40H24N2O.C35H22N2O/c1-3-13-29(14-4-1)42-43(30-15-5-2-6-16-30)48-45-38-26-25-32(28-40(38)35-19-7-8-21-37(35)44(45)47-42)31-17-11-18-33(27-31)34-22-12-23-39-36-20-9-10-24-41(36)49-46(34)39;1-2-10-25(11-3-1)36-24-41-38-33-21-20-27(23-35(33)30-14-4-5-16-32(30)39(38)42-36)26-12-8-13-28(22-26)29-17-9-18-34-31-15-6-7-19-37(31)43-40(29)34;1-21-12-14-27-30(18-21)31-20-23(13-15-28(31)34-33(27)36-16-17-37-34)22-6-4-7-24(19-22)25-9-5-10-29-26-8-2-3-11-32(26)38-35(25)29/h1-28H;1-24H;2-20H,1H3. The molecule has 6 heterocycles. The molecule has 27 aromatic rings. The third-order valence-electron chi connectivity index (χ3n) is 25.8. The van der Waals surface area contributed by atoms with E-state index in [0.717, 1.165) is 237 Å². The molecule has 0 fully saturated rings. The van der Waals surface area contributed by atoms with E-state index >= 15 is 0 Å². The normalized spacial score (nSPS) is 11.7. The van der Waals surface area contributed by atoms with Gasteiger partial charge in [-0.15, -0.1) is 0 Å². The number of aryl methyl sites for hydroxylation is 1. The van der Waals surface area contributed by atoms with Crippen molar-refractivity contribution in [3.8, 4) is 101 Å². The highest BCUT2D eigenvalue weighted by Crippen LogP contribution is 2.47. The van der Waals surface area contributed by atoms with Crippen LogP contribution in [0.4, 0.5) is 0 Å². The zero-order valence-corrected chi connectivity index (χ0v) is 70.4. The minimum Gasteiger partial charge on any atom is -0.455 e. The van der Waals surface area contributed by atoms with Crippen molar-refractivity contribution < 1.29 is 13.3 Å². The van der Waals surface area contributed by atoms with Crippen molar-refractivity contribution in [1.29, 1.82) is 0 Å². The van der Waals surface area contributed by atoms with Crippen LogP contribution in [0.3, 0.4) is 0 Å². The van der Waals surface area contributed by atoms with E-state index in [2.05, 4.69) is 358 Å². The number of hydrogen-bond acceptors (Lipinski definition) is 9. The summed E-state index contributed by atoms with van der Waals surface area (Å²) < 4.78 is 19.1. The van der Waals surface area contributed by atoms with Crippen molar-refractivity contribution >= 4 is 164 Å². The molecule has 0 amide bonds. The van der Waals surface area contributed by atoms with Crippen molar-refractivity contribution in [2.24, 2.45) is 0 Å². The molecule has 0 radical (unpaired) electrons. The molecule has 0 spiro atoms. The van der Waals surface area contributed by atoms with Gasteiger partial charge in [-0.05, 0) is 144 Å². The Kier molecular flexibility index (Phi) is 18.0. The maximum atomic E-state index is 6.40. The number of benzene rings is 21. The lowest BCUT2D eigenvalue weighted by molar-refractivity contribution is 0.669. The van der Waals surface area contributed by atoms with Crippen LogP contribution < -0.4 is 0 Å². The number of rotatable bonds is 9. The first-order chi connectivity index (χ1) is 64.4. The van der Waals surface area contributed by atoms with E-state index < -0.39 is 0 Å². The summed E-state index contributed by atoms with van der Waals surface area (Å²) in [6, 6.07) is 145. The minimum absolute atomic E-state index is 0.880. The van der Waals surface area contributed by atoms with Gasteiger partial charge in [-0.2, -0.15) is 0 Å². The Bertz CT molecular complexity index is 9260. The monoisotopic (exact) mass is 1660 g/mol. The molecule has 606 valence electrons. The van der Waals surface area contributed by atoms with Crippen molar-refractivity contribution in [2.45, 2.75) is 6.92 Å². The van der Waals surface area contributed by atoms with Gasteiger partial charge >= 0.3 is 0 Å². The van der Waals surface area contributed by atoms with Crippen LogP contribution in [0, 0.1) is 6.92 Å². The van der Waals surface area contributed by atoms with E-state index in [1.54, 1.807) is 12.4 Å². The largest absolute Gasteiger partial charge is 0.455 e. The number of aromatic nitrogens is 6. The third kappa shape index (κ3) is 12.8. The molecule has 0 atom stereocenters. The van der Waals surface area contributed by atoms with E-state index in [1.807, 2.05) is 72.9 Å². The second kappa shape index (κ2) is 31.1. The average Bonchev–Trinajstić information content (AvgIpc) is 1.17. The Hall–Kier alpha value is -17.4. The van der Waals surface area contributed by atoms with Gasteiger partial charge in [-0.3, -0.25) is 15.0 Å². The minimum atomic E-state index is 0.880. The highest BCUT2D eigenvalue weighted by molar-refractivity contribution is 6.27. The molecule has 0 bridgehead atoms. The molecular formula is C121H74N6O3. The van der Waals surface area contributed by atoms with E-state index in [0.29, 0.717) is 0 Å². The van der Waals surface area contributed by atoms with E-state index in [1.165, 1.54) is 32.7 Å². The fourth-order valence-electron chi connectivity index (χ4n) is 19.6. The first kappa shape index (κ1) is 75.2. The molecule has 9 heteroatoms. The molecule has 27 rings (SSSR count). The maximum Gasteiger partial charge on any atom is 0.143 e. The van der Waals surface area contributed by atoms with Gasteiger partial charge < -0.3 is 13.3 Å².